The average molecular weight is 338 g/mol. The van der Waals surface area contributed by atoms with Crippen LogP contribution in [0.25, 0.3) is 0 Å². The van der Waals surface area contributed by atoms with Crippen molar-refractivity contribution in [3.63, 3.8) is 0 Å². The molecule has 1 fully saturated rings. The van der Waals surface area contributed by atoms with E-state index in [1.54, 1.807) is 0 Å². The zero-order chi connectivity index (χ0) is 17.9. The molecular formula is C17H35N7. The van der Waals surface area contributed by atoms with E-state index in [0.717, 1.165) is 25.9 Å². The Bertz CT molecular complexity index is 436. The van der Waals surface area contributed by atoms with Crippen LogP contribution in [-0.4, -0.2) is 48.3 Å². The zero-order valence-electron chi connectivity index (χ0n) is 15.5. The Kier molecular flexibility index (Phi) is 9.19. The largest absolute Gasteiger partial charge is 0.370 e. The Morgan fingerprint density at radius 3 is 2.46 bits per heavy atom. The monoisotopic (exact) mass is 337 g/mol. The van der Waals surface area contributed by atoms with Gasteiger partial charge in [-0.25, -0.2) is 4.99 Å². The molecule has 7 nitrogen and oxygen atoms in total. The maximum Gasteiger partial charge on any atom is 0.195 e. The number of nitrogens with two attached hydrogens (primary N) is 2. The molecule has 1 heterocycles. The maximum atomic E-state index is 6.95. The molecule has 24 heavy (non-hydrogen) atoms. The molecule has 0 aromatic heterocycles. The van der Waals surface area contributed by atoms with Crippen molar-refractivity contribution >= 4 is 17.8 Å². The van der Waals surface area contributed by atoms with E-state index in [2.05, 4.69) is 41.0 Å². The first kappa shape index (κ1) is 20.3. The van der Waals surface area contributed by atoms with Crippen molar-refractivity contribution in [2.24, 2.45) is 27.4 Å². The first-order valence-electron chi connectivity index (χ1n) is 9.17. The third kappa shape index (κ3) is 7.66. The van der Waals surface area contributed by atoms with Crippen LogP contribution in [0.2, 0.25) is 0 Å². The van der Waals surface area contributed by atoms with Gasteiger partial charge in [-0.1, -0.05) is 33.1 Å². The van der Waals surface area contributed by atoms with Gasteiger partial charge in [-0.15, -0.1) is 0 Å². The lowest BCUT2D eigenvalue weighted by Gasteiger charge is -2.30. The van der Waals surface area contributed by atoms with Gasteiger partial charge in [0.15, 0.2) is 11.9 Å². The standard InChI is InChI=1S/C9H18N2.C8H17N5/c1-4-11-7-5-6-10-9(11)8(2)3;9-7(10)13-8(11)12-6-4-2-1-3-5-6/h8H,4-7H2,1-3H3;6H,1-5H2,(H6,9,10,11,12,13). The van der Waals surface area contributed by atoms with Crippen LogP contribution >= 0.6 is 0 Å². The van der Waals surface area contributed by atoms with Crippen LogP contribution in [0.5, 0.6) is 0 Å². The first-order valence-corrected chi connectivity index (χ1v) is 9.17. The van der Waals surface area contributed by atoms with Gasteiger partial charge in [-0.2, -0.15) is 0 Å². The summed E-state index contributed by atoms with van der Waals surface area (Å²) in [5.74, 6) is 2.01. The van der Waals surface area contributed by atoms with Crippen LogP contribution in [-0.2, 0) is 0 Å². The van der Waals surface area contributed by atoms with Gasteiger partial charge in [0.05, 0.1) is 6.04 Å². The number of aliphatic imine (C=N–C) groups is 2. The smallest absolute Gasteiger partial charge is 0.195 e. The second kappa shape index (κ2) is 10.9. The fourth-order valence-corrected chi connectivity index (χ4v) is 3.11. The van der Waals surface area contributed by atoms with Gasteiger partial charge in [-0.3, -0.25) is 15.7 Å². The number of rotatable bonds is 3. The second-order valence-corrected chi connectivity index (χ2v) is 6.67. The first-order chi connectivity index (χ1) is 11.4. The van der Waals surface area contributed by atoms with Gasteiger partial charge in [0.25, 0.3) is 0 Å². The predicted molar refractivity (Wildman–Crippen MR) is 103 cm³/mol. The lowest BCUT2D eigenvalue weighted by atomic mass is 9.96. The van der Waals surface area contributed by atoms with E-state index in [1.807, 2.05) is 0 Å². The topological polar surface area (TPSA) is 116 Å². The molecule has 1 aliphatic carbocycles. The lowest BCUT2D eigenvalue weighted by Crippen LogP contribution is -2.41. The van der Waals surface area contributed by atoms with Gasteiger partial charge in [0.2, 0.25) is 0 Å². The Labute approximate surface area is 146 Å². The van der Waals surface area contributed by atoms with Crippen molar-refractivity contribution in [2.45, 2.75) is 65.3 Å². The summed E-state index contributed by atoms with van der Waals surface area (Å²) in [6, 6.07) is 0.320. The number of hydrogen-bond acceptors (Lipinski definition) is 4. The van der Waals surface area contributed by atoms with Crippen LogP contribution in [0.1, 0.15) is 59.3 Å². The highest BCUT2D eigenvalue weighted by Gasteiger charge is 2.15. The minimum absolute atomic E-state index is 0.156. The summed E-state index contributed by atoms with van der Waals surface area (Å²) < 4.78 is 0. The Balaban J connectivity index is 0.000000243. The minimum Gasteiger partial charge on any atom is -0.370 e. The molecule has 2 rings (SSSR count). The quantitative estimate of drug-likeness (QED) is 0.465. The van der Waals surface area contributed by atoms with Crippen LogP contribution in [0.3, 0.4) is 0 Å². The van der Waals surface area contributed by atoms with Gasteiger partial charge in [-0.05, 0) is 26.2 Å². The Morgan fingerprint density at radius 1 is 1.29 bits per heavy atom. The number of amidine groups is 1. The molecule has 0 amide bonds. The average Bonchev–Trinajstić information content (AvgIpc) is 2.55. The molecule has 0 bridgehead atoms. The summed E-state index contributed by atoms with van der Waals surface area (Å²) in [5, 5.41) is 9.43. The van der Waals surface area contributed by atoms with E-state index in [0.29, 0.717) is 12.0 Å². The molecule has 7 heteroatoms. The van der Waals surface area contributed by atoms with Gasteiger partial charge < -0.3 is 16.4 Å². The number of nitrogens with zero attached hydrogens (tertiary/aromatic N) is 3. The third-order valence-electron chi connectivity index (χ3n) is 4.24. The van der Waals surface area contributed by atoms with Crippen LogP contribution in [0.4, 0.5) is 0 Å². The number of nitrogens with one attached hydrogen (secondary N) is 2. The van der Waals surface area contributed by atoms with E-state index < -0.39 is 0 Å². The fraction of sp³-hybridized carbons (Fsp3) is 0.824. The summed E-state index contributed by atoms with van der Waals surface area (Å²) in [4.78, 5) is 11.1. The van der Waals surface area contributed by atoms with Crippen molar-refractivity contribution in [1.82, 2.24) is 10.2 Å². The van der Waals surface area contributed by atoms with E-state index in [-0.39, 0.29) is 11.9 Å². The summed E-state index contributed by atoms with van der Waals surface area (Å²) in [5.41, 5.74) is 10.6. The summed E-state index contributed by atoms with van der Waals surface area (Å²) in [6.45, 7) is 9.97. The van der Waals surface area contributed by atoms with Gasteiger partial charge in [0.1, 0.15) is 5.84 Å². The lowest BCUT2D eigenvalue weighted by molar-refractivity contribution is 0.392. The van der Waals surface area contributed by atoms with Crippen molar-refractivity contribution in [3.05, 3.63) is 0 Å². The fourth-order valence-electron chi connectivity index (χ4n) is 3.11. The second-order valence-electron chi connectivity index (χ2n) is 6.67. The van der Waals surface area contributed by atoms with Crippen LogP contribution in [0.15, 0.2) is 9.98 Å². The van der Waals surface area contributed by atoms with Crippen molar-refractivity contribution in [3.8, 4) is 0 Å². The summed E-state index contributed by atoms with van der Waals surface area (Å²) in [7, 11) is 0. The van der Waals surface area contributed by atoms with Crippen LogP contribution in [0, 0.1) is 11.3 Å². The SMILES string of the molecule is CCN1CCCN=C1C(C)C.N=C(N)NC(N)=NC1CCCCC1. The Morgan fingerprint density at radius 2 is 1.96 bits per heavy atom. The van der Waals surface area contributed by atoms with Crippen LogP contribution < -0.4 is 16.8 Å². The summed E-state index contributed by atoms with van der Waals surface area (Å²) in [6.07, 6.45) is 7.17. The highest BCUT2D eigenvalue weighted by molar-refractivity contribution is 5.95. The molecule has 0 spiro atoms. The van der Waals surface area contributed by atoms with E-state index in [1.165, 1.54) is 38.1 Å². The molecular weight excluding hydrogens is 302 g/mol. The zero-order valence-corrected chi connectivity index (χ0v) is 15.5. The number of hydrogen-bond donors (Lipinski definition) is 4. The molecule has 1 saturated carbocycles. The van der Waals surface area contributed by atoms with Gasteiger partial charge >= 0.3 is 0 Å². The highest BCUT2D eigenvalue weighted by atomic mass is 15.2. The van der Waals surface area contributed by atoms with Crippen molar-refractivity contribution < 1.29 is 0 Å². The molecule has 0 aromatic carbocycles. The maximum absolute atomic E-state index is 6.95. The molecule has 138 valence electrons. The van der Waals surface area contributed by atoms with E-state index in [9.17, 15) is 0 Å². The van der Waals surface area contributed by atoms with E-state index in [4.69, 9.17) is 16.9 Å². The molecule has 2 aliphatic rings. The molecule has 6 N–H and O–H groups in total. The summed E-state index contributed by atoms with van der Waals surface area (Å²) >= 11 is 0. The minimum atomic E-state index is -0.156. The van der Waals surface area contributed by atoms with Crippen molar-refractivity contribution in [2.75, 3.05) is 19.6 Å². The van der Waals surface area contributed by atoms with Gasteiger partial charge in [0, 0.05) is 25.6 Å². The Hall–Kier alpha value is -1.79. The molecule has 1 aliphatic heterocycles. The molecule has 0 saturated heterocycles. The highest BCUT2D eigenvalue weighted by Crippen LogP contribution is 2.19. The molecule has 0 radical (unpaired) electrons. The van der Waals surface area contributed by atoms with Crippen molar-refractivity contribution in [1.29, 1.82) is 5.41 Å². The predicted octanol–water partition coefficient (Wildman–Crippen LogP) is 1.88. The third-order valence-corrected chi connectivity index (χ3v) is 4.24. The molecule has 0 unspecified atom stereocenters. The number of guanidine groups is 2. The normalized spacial score (nSPS) is 19.4. The van der Waals surface area contributed by atoms with E-state index >= 15 is 0 Å². The molecule has 0 aromatic rings. The molecule has 0 atom stereocenters.